The monoisotopic (exact) mass is 488 g/mol. The molecule has 1 fully saturated rings. The molecule has 1 aliphatic rings. The van der Waals surface area contributed by atoms with E-state index in [1.165, 1.54) is 11.1 Å². The summed E-state index contributed by atoms with van der Waals surface area (Å²) in [5.74, 6) is 1.07. The van der Waals surface area contributed by atoms with Crippen LogP contribution in [-0.4, -0.2) is 49.6 Å². The van der Waals surface area contributed by atoms with Crippen LogP contribution >= 0.6 is 24.0 Å². The predicted octanol–water partition coefficient (Wildman–Crippen LogP) is 2.91. The van der Waals surface area contributed by atoms with Crippen LogP contribution in [0.3, 0.4) is 0 Å². The van der Waals surface area contributed by atoms with Crippen molar-refractivity contribution in [1.82, 2.24) is 15.5 Å². The number of aliphatic imine (C=N–C) groups is 1. The van der Waals surface area contributed by atoms with Crippen LogP contribution < -0.4 is 10.6 Å². The van der Waals surface area contributed by atoms with Crippen molar-refractivity contribution in [3.8, 4) is 0 Å². The van der Waals surface area contributed by atoms with Crippen molar-refractivity contribution in [3.05, 3.63) is 35.4 Å². The number of ether oxygens (including phenoxy) is 1. The molecule has 0 radical (unpaired) electrons. The lowest BCUT2D eigenvalue weighted by atomic mass is 10.1. The van der Waals surface area contributed by atoms with Crippen LogP contribution in [0.5, 0.6) is 0 Å². The van der Waals surface area contributed by atoms with E-state index in [-0.39, 0.29) is 29.9 Å². The molecular formula is C20H33IN4O2. The molecule has 1 aromatic carbocycles. The lowest BCUT2D eigenvalue weighted by Gasteiger charge is -2.18. The number of nitrogens with one attached hydrogen (secondary N) is 2. The summed E-state index contributed by atoms with van der Waals surface area (Å²) in [5, 5.41) is 6.62. The van der Waals surface area contributed by atoms with Crippen LogP contribution in [0.1, 0.15) is 44.2 Å². The molecule has 1 aliphatic heterocycles. The highest BCUT2D eigenvalue weighted by molar-refractivity contribution is 14.0. The van der Waals surface area contributed by atoms with E-state index < -0.39 is 0 Å². The van der Waals surface area contributed by atoms with Crippen LogP contribution in [0.4, 0.5) is 0 Å². The Hall–Kier alpha value is -1.35. The summed E-state index contributed by atoms with van der Waals surface area (Å²) >= 11 is 0. The van der Waals surface area contributed by atoms with Gasteiger partial charge in [0.2, 0.25) is 5.91 Å². The molecule has 0 aliphatic carbocycles. The fourth-order valence-corrected chi connectivity index (χ4v) is 2.97. The molecular weight excluding hydrogens is 455 g/mol. The quantitative estimate of drug-likeness (QED) is 0.230. The smallest absolute Gasteiger partial charge is 0.222 e. The minimum atomic E-state index is 0. The molecule has 0 unspecified atom stereocenters. The van der Waals surface area contributed by atoms with Gasteiger partial charge >= 0.3 is 0 Å². The van der Waals surface area contributed by atoms with E-state index in [1.54, 1.807) is 0 Å². The van der Waals surface area contributed by atoms with E-state index >= 15 is 0 Å². The summed E-state index contributed by atoms with van der Waals surface area (Å²) in [6, 6.07) is 8.25. The average molecular weight is 488 g/mol. The summed E-state index contributed by atoms with van der Waals surface area (Å²) in [6.07, 6.45) is 2.60. The Kier molecular flexibility index (Phi) is 12.1. The number of guanidine groups is 1. The van der Waals surface area contributed by atoms with Crippen molar-refractivity contribution >= 4 is 35.8 Å². The summed E-state index contributed by atoms with van der Waals surface area (Å²) in [4.78, 5) is 18.6. The van der Waals surface area contributed by atoms with Gasteiger partial charge in [-0.15, -0.1) is 24.0 Å². The van der Waals surface area contributed by atoms with Gasteiger partial charge in [0.25, 0.3) is 0 Å². The molecule has 1 aromatic rings. The highest BCUT2D eigenvalue weighted by atomic mass is 127. The second kappa shape index (κ2) is 13.8. The zero-order valence-corrected chi connectivity index (χ0v) is 18.8. The van der Waals surface area contributed by atoms with E-state index in [0.717, 1.165) is 51.6 Å². The van der Waals surface area contributed by atoms with Gasteiger partial charge in [0, 0.05) is 45.8 Å². The number of carbonyl (C=O) groups is 1. The second-order valence-electron chi connectivity index (χ2n) is 6.36. The van der Waals surface area contributed by atoms with Crippen molar-refractivity contribution in [1.29, 1.82) is 0 Å². The fourth-order valence-electron chi connectivity index (χ4n) is 2.97. The first-order valence-corrected chi connectivity index (χ1v) is 9.69. The molecule has 1 heterocycles. The Morgan fingerprint density at radius 2 is 2.00 bits per heavy atom. The number of amides is 1. The SMILES string of the molecule is CCNC(=NCc1ccccc1CN1CCCC1=O)NCCCOCC.I. The summed E-state index contributed by atoms with van der Waals surface area (Å²) in [6.45, 7) is 9.37. The number of nitrogens with zero attached hydrogens (tertiary/aromatic N) is 2. The molecule has 1 saturated heterocycles. The van der Waals surface area contributed by atoms with Gasteiger partial charge in [-0.3, -0.25) is 4.79 Å². The normalized spacial score (nSPS) is 14.2. The van der Waals surface area contributed by atoms with E-state index in [4.69, 9.17) is 9.73 Å². The minimum absolute atomic E-state index is 0. The summed E-state index contributed by atoms with van der Waals surface area (Å²) in [5.41, 5.74) is 2.34. The zero-order chi connectivity index (χ0) is 18.6. The molecule has 0 aromatic heterocycles. The van der Waals surface area contributed by atoms with Crippen LogP contribution in [0.2, 0.25) is 0 Å². The topological polar surface area (TPSA) is 66.0 Å². The number of halogens is 1. The maximum absolute atomic E-state index is 11.9. The first-order valence-electron chi connectivity index (χ1n) is 9.69. The average Bonchev–Trinajstić information content (AvgIpc) is 3.05. The van der Waals surface area contributed by atoms with Gasteiger partial charge in [-0.25, -0.2) is 4.99 Å². The van der Waals surface area contributed by atoms with Gasteiger partial charge in [-0.2, -0.15) is 0 Å². The Bertz CT molecular complexity index is 595. The van der Waals surface area contributed by atoms with E-state index in [0.29, 0.717) is 19.5 Å². The van der Waals surface area contributed by atoms with Gasteiger partial charge < -0.3 is 20.3 Å². The molecule has 2 N–H and O–H groups in total. The van der Waals surface area contributed by atoms with E-state index in [9.17, 15) is 4.79 Å². The van der Waals surface area contributed by atoms with Crippen LogP contribution in [0.15, 0.2) is 29.3 Å². The lowest BCUT2D eigenvalue weighted by Crippen LogP contribution is -2.38. The van der Waals surface area contributed by atoms with Gasteiger partial charge in [-0.1, -0.05) is 24.3 Å². The second-order valence-corrected chi connectivity index (χ2v) is 6.36. The predicted molar refractivity (Wildman–Crippen MR) is 120 cm³/mol. The molecule has 1 amide bonds. The molecule has 152 valence electrons. The molecule has 0 atom stereocenters. The number of benzene rings is 1. The molecule has 6 nitrogen and oxygen atoms in total. The minimum Gasteiger partial charge on any atom is -0.382 e. The molecule has 0 saturated carbocycles. The highest BCUT2D eigenvalue weighted by Crippen LogP contribution is 2.17. The third-order valence-corrected chi connectivity index (χ3v) is 4.36. The van der Waals surface area contributed by atoms with Crippen molar-refractivity contribution in [2.24, 2.45) is 4.99 Å². The lowest BCUT2D eigenvalue weighted by molar-refractivity contribution is -0.128. The van der Waals surface area contributed by atoms with Crippen molar-refractivity contribution in [2.45, 2.75) is 46.2 Å². The van der Waals surface area contributed by atoms with Crippen molar-refractivity contribution < 1.29 is 9.53 Å². The third kappa shape index (κ3) is 8.47. The van der Waals surface area contributed by atoms with Crippen molar-refractivity contribution in [3.63, 3.8) is 0 Å². The number of likely N-dealkylation sites (tertiary alicyclic amines) is 1. The maximum Gasteiger partial charge on any atom is 0.222 e. The van der Waals surface area contributed by atoms with E-state index in [2.05, 4.69) is 29.7 Å². The van der Waals surface area contributed by atoms with E-state index in [1.807, 2.05) is 24.0 Å². The van der Waals surface area contributed by atoms with Crippen molar-refractivity contribution in [2.75, 3.05) is 32.8 Å². The van der Waals surface area contributed by atoms with Gasteiger partial charge in [0.05, 0.1) is 6.54 Å². The first-order chi connectivity index (χ1) is 12.7. The maximum atomic E-state index is 11.9. The van der Waals surface area contributed by atoms with Crippen LogP contribution in [0, 0.1) is 0 Å². The number of rotatable bonds is 10. The van der Waals surface area contributed by atoms with Crippen LogP contribution in [0.25, 0.3) is 0 Å². The number of carbonyl (C=O) groups excluding carboxylic acids is 1. The molecule has 0 spiro atoms. The van der Waals surface area contributed by atoms with Gasteiger partial charge in [0.1, 0.15) is 0 Å². The zero-order valence-electron chi connectivity index (χ0n) is 16.5. The fraction of sp³-hybridized carbons (Fsp3) is 0.600. The molecule has 2 rings (SSSR count). The largest absolute Gasteiger partial charge is 0.382 e. The third-order valence-electron chi connectivity index (χ3n) is 4.36. The van der Waals surface area contributed by atoms with Gasteiger partial charge in [-0.05, 0) is 37.8 Å². The number of hydrogen-bond acceptors (Lipinski definition) is 3. The Morgan fingerprint density at radius 1 is 1.22 bits per heavy atom. The summed E-state index contributed by atoms with van der Waals surface area (Å²) in [7, 11) is 0. The molecule has 7 heteroatoms. The molecule has 27 heavy (non-hydrogen) atoms. The van der Waals surface area contributed by atoms with Gasteiger partial charge in [0.15, 0.2) is 5.96 Å². The standard InChI is InChI=1S/C20H32N4O2.HI/c1-3-21-20(22-12-8-14-26-4-2)23-15-17-9-5-6-10-18(17)16-24-13-7-11-19(24)25;/h5-6,9-10H,3-4,7-8,11-16H2,1-2H3,(H2,21,22,23);1H. The molecule has 0 bridgehead atoms. The van der Waals surface area contributed by atoms with Crippen LogP contribution in [-0.2, 0) is 22.6 Å². The first kappa shape index (κ1) is 23.7. The highest BCUT2D eigenvalue weighted by Gasteiger charge is 2.20. The number of hydrogen-bond donors (Lipinski definition) is 2. The Labute approximate surface area is 180 Å². The Morgan fingerprint density at radius 3 is 2.67 bits per heavy atom. The summed E-state index contributed by atoms with van der Waals surface area (Å²) < 4.78 is 5.36. The Balaban J connectivity index is 0.00000364.